The average molecular weight is 320 g/mol. The molecule has 21 heavy (non-hydrogen) atoms. The molecule has 0 bridgehead atoms. The van der Waals surface area contributed by atoms with Crippen molar-refractivity contribution < 1.29 is 4.79 Å². The van der Waals surface area contributed by atoms with Crippen molar-refractivity contribution >= 4 is 39.2 Å². The van der Waals surface area contributed by atoms with Crippen molar-refractivity contribution in [1.29, 1.82) is 0 Å². The molecule has 1 aromatic heterocycles. The topological polar surface area (TPSA) is 33.2 Å². The van der Waals surface area contributed by atoms with Crippen LogP contribution in [0.1, 0.15) is 37.2 Å². The molecule has 112 valence electrons. The molecule has 1 aliphatic heterocycles. The lowest BCUT2D eigenvalue weighted by Crippen LogP contribution is -2.42. The van der Waals surface area contributed by atoms with Crippen LogP contribution in [0.2, 0.25) is 0 Å². The SMILES string of the molecule is CSC(C)C(=O)N1CCCCC1c1nc2ccccc2s1. The Morgan fingerprint density at radius 2 is 2.24 bits per heavy atom. The van der Waals surface area contributed by atoms with Crippen LogP contribution in [0.15, 0.2) is 24.3 Å². The number of thiazole rings is 1. The van der Waals surface area contributed by atoms with E-state index < -0.39 is 0 Å². The number of fused-ring (bicyclic) bond motifs is 1. The fraction of sp³-hybridized carbons (Fsp3) is 0.500. The Kier molecular flexibility index (Phi) is 4.50. The molecule has 1 aliphatic rings. The molecule has 0 aliphatic carbocycles. The van der Waals surface area contributed by atoms with E-state index in [0.717, 1.165) is 29.9 Å². The van der Waals surface area contributed by atoms with E-state index in [9.17, 15) is 4.79 Å². The lowest BCUT2D eigenvalue weighted by Gasteiger charge is -2.35. The highest BCUT2D eigenvalue weighted by Gasteiger charge is 2.32. The average Bonchev–Trinajstić information content (AvgIpc) is 2.97. The van der Waals surface area contributed by atoms with Gasteiger partial charge in [-0.25, -0.2) is 4.98 Å². The van der Waals surface area contributed by atoms with Crippen LogP contribution >= 0.6 is 23.1 Å². The highest BCUT2D eigenvalue weighted by molar-refractivity contribution is 7.99. The molecule has 1 saturated heterocycles. The lowest BCUT2D eigenvalue weighted by atomic mass is 10.0. The second kappa shape index (κ2) is 6.36. The summed E-state index contributed by atoms with van der Waals surface area (Å²) < 4.78 is 1.21. The summed E-state index contributed by atoms with van der Waals surface area (Å²) >= 11 is 3.35. The van der Waals surface area contributed by atoms with Gasteiger partial charge in [0, 0.05) is 6.54 Å². The third-order valence-electron chi connectivity index (χ3n) is 4.08. The van der Waals surface area contributed by atoms with E-state index in [1.807, 2.05) is 25.3 Å². The zero-order valence-corrected chi connectivity index (χ0v) is 14.0. The number of likely N-dealkylation sites (tertiary alicyclic amines) is 1. The van der Waals surface area contributed by atoms with Gasteiger partial charge in [-0.2, -0.15) is 11.8 Å². The van der Waals surface area contributed by atoms with Gasteiger partial charge in [-0.3, -0.25) is 4.79 Å². The zero-order valence-electron chi connectivity index (χ0n) is 12.4. The summed E-state index contributed by atoms with van der Waals surface area (Å²) in [6.07, 6.45) is 5.32. The third-order valence-corrected chi connectivity index (χ3v) is 6.13. The van der Waals surface area contributed by atoms with Gasteiger partial charge in [-0.15, -0.1) is 11.3 Å². The third kappa shape index (κ3) is 2.94. The monoisotopic (exact) mass is 320 g/mol. The minimum absolute atomic E-state index is 0.0278. The van der Waals surface area contributed by atoms with Crippen LogP contribution in [0, 0.1) is 0 Å². The molecule has 0 radical (unpaired) electrons. The quantitative estimate of drug-likeness (QED) is 0.853. The number of rotatable bonds is 3. The standard InChI is InChI=1S/C16H20N2OS2/c1-11(20-2)16(19)18-10-6-5-8-13(18)15-17-12-7-3-4-9-14(12)21-15/h3-4,7,9,11,13H,5-6,8,10H2,1-2H3. The van der Waals surface area contributed by atoms with Crippen LogP contribution in [0.4, 0.5) is 0 Å². The van der Waals surface area contributed by atoms with Gasteiger partial charge < -0.3 is 4.90 Å². The molecule has 0 saturated carbocycles. The maximum Gasteiger partial charge on any atom is 0.235 e. The van der Waals surface area contributed by atoms with Gasteiger partial charge in [0.2, 0.25) is 5.91 Å². The maximum atomic E-state index is 12.6. The van der Waals surface area contributed by atoms with Gasteiger partial charge in [0.05, 0.1) is 21.5 Å². The van der Waals surface area contributed by atoms with E-state index in [1.165, 1.54) is 11.1 Å². The largest absolute Gasteiger partial charge is 0.332 e. The number of carbonyl (C=O) groups excluding carboxylic acids is 1. The normalized spacial score (nSPS) is 20.7. The molecule has 5 heteroatoms. The molecule has 3 rings (SSSR count). The number of piperidine rings is 1. The van der Waals surface area contributed by atoms with Gasteiger partial charge in [0.25, 0.3) is 0 Å². The van der Waals surface area contributed by atoms with E-state index in [0.29, 0.717) is 0 Å². The van der Waals surface area contributed by atoms with Gasteiger partial charge in [-0.05, 0) is 44.6 Å². The summed E-state index contributed by atoms with van der Waals surface area (Å²) in [5, 5.41) is 1.12. The number of amides is 1. The van der Waals surface area contributed by atoms with Gasteiger partial charge >= 0.3 is 0 Å². The Bertz CT molecular complexity index is 607. The van der Waals surface area contributed by atoms with Crippen molar-refractivity contribution in [1.82, 2.24) is 9.88 Å². The second-order valence-electron chi connectivity index (χ2n) is 5.44. The molecule has 2 atom stereocenters. The Hall–Kier alpha value is -1.07. The van der Waals surface area contributed by atoms with Crippen LogP contribution in [0.3, 0.4) is 0 Å². The molecular formula is C16H20N2OS2. The number of nitrogens with zero attached hydrogens (tertiary/aromatic N) is 2. The first-order valence-corrected chi connectivity index (χ1v) is 9.50. The summed E-state index contributed by atoms with van der Waals surface area (Å²) in [4.78, 5) is 19.4. The van der Waals surface area contributed by atoms with Crippen molar-refractivity contribution in [3.05, 3.63) is 29.3 Å². The summed E-state index contributed by atoms with van der Waals surface area (Å²) in [6.45, 7) is 2.86. The lowest BCUT2D eigenvalue weighted by molar-refractivity contribution is -0.134. The molecule has 3 nitrogen and oxygen atoms in total. The van der Waals surface area contributed by atoms with Crippen LogP contribution in [-0.2, 0) is 4.79 Å². The molecular weight excluding hydrogens is 300 g/mol. The predicted molar refractivity (Wildman–Crippen MR) is 90.9 cm³/mol. The number of hydrogen-bond donors (Lipinski definition) is 0. The number of hydrogen-bond acceptors (Lipinski definition) is 4. The molecule has 0 spiro atoms. The number of carbonyl (C=O) groups is 1. The van der Waals surface area contributed by atoms with Crippen molar-refractivity contribution in [2.24, 2.45) is 0 Å². The minimum Gasteiger partial charge on any atom is -0.332 e. The Morgan fingerprint density at radius 1 is 1.43 bits per heavy atom. The first-order valence-electron chi connectivity index (χ1n) is 7.39. The van der Waals surface area contributed by atoms with Gasteiger partial charge in [0.15, 0.2) is 0 Å². The summed E-state index contributed by atoms with van der Waals surface area (Å²) in [5.74, 6) is 0.256. The van der Waals surface area contributed by atoms with Crippen LogP contribution < -0.4 is 0 Å². The molecule has 0 N–H and O–H groups in total. The minimum atomic E-state index is 0.0278. The Balaban J connectivity index is 1.91. The summed E-state index contributed by atoms with van der Waals surface area (Å²) in [5.41, 5.74) is 1.05. The van der Waals surface area contributed by atoms with Gasteiger partial charge in [-0.1, -0.05) is 12.1 Å². The Labute approximate surface area is 133 Å². The summed E-state index contributed by atoms with van der Waals surface area (Å²) in [6, 6.07) is 8.39. The molecule has 1 fully saturated rings. The summed E-state index contributed by atoms with van der Waals surface area (Å²) in [7, 11) is 0. The molecule has 2 aromatic rings. The molecule has 1 aromatic carbocycles. The fourth-order valence-corrected chi connectivity index (χ4v) is 4.27. The maximum absolute atomic E-state index is 12.6. The van der Waals surface area contributed by atoms with Crippen molar-refractivity contribution in [3.63, 3.8) is 0 Å². The number of thioether (sulfide) groups is 1. The fourth-order valence-electron chi connectivity index (χ4n) is 2.82. The first kappa shape index (κ1) is 14.9. The van der Waals surface area contributed by atoms with Gasteiger partial charge in [0.1, 0.15) is 5.01 Å². The highest BCUT2D eigenvalue weighted by atomic mass is 32.2. The van der Waals surface area contributed by atoms with E-state index in [2.05, 4.69) is 17.0 Å². The molecule has 1 amide bonds. The molecule has 2 unspecified atom stereocenters. The smallest absolute Gasteiger partial charge is 0.235 e. The number of aromatic nitrogens is 1. The highest BCUT2D eigenvalue weighted by Crippen LogP contribution is 2.36. The van der Waals surface area contributed by atoms with E-state index in [4.69, 9.17) is 4.98 Å². The molecule has 2 heterocycles. The van der Waals surface area contributed by atoms with E-state index >= 15 is 0 Å². The van der Waals surface area contributed by atoms with Crippen molar-refractivity contribution in [2.75, 3.05) is 12.8 Å². The van der Waals surface area contributed by atoms with E-state index in [1.54, 1.807) is 23.1 Å². The predicted octanol–water partition coefficient (Wildman–Crippen LogP) is 4.10. The number of para-hydroxylation sites is 1. The second-order valence-corrected chi connectivity index (χ2v) is 7.68. The Morgan fingerprint density at radius 3 is 3.00 bits per heavy atom. The number of benzene rings is 1. The van der Waals surface area contributed by atoms with Crippen molar-refractivity contribution in [2.45, 2.75) is 37.5 Å². The zero-order chi connectivity index (χ0) is 14.8. The van der Waals surface area contributed by atoms with Crippen LogP contribution in [0.5, 0.6) is 0 Å². The van der Waals surface area contributed by atoms with Crippen LogP contribution in [-0.4, -0.2) is 33.8 Å². The van der Waals surface area contributed by atoms with Crippen molar-refractivity contribution in [3.8, 4) is 0 Å². The van der Waals surface area contributed by atoms with E-state index in [-0.39, 0.29) is 17.2 Å². The first-order chi connectivity index (χ1) is 10.2. The van der Waals surface area contributed by atoms with Crippen LogP contribution in [0.25, 0.3) is 10.2 Å².